The van der Waals surface area contributed by atoms with E-state index in [1.165, 1.54) is 33.4 Å². The summed E-state index contributed by atoms with van der Waals surface area (Å²) in [5, 5.41) is 11.3. The molecule has 3 aromatic heterocycles. The number of rotatable bonds is 4. The van der Waals surface area contributed by atoms with E-state index in [2.05, 4.69) is 15.2 Å². The van der Waals surface area contributed by atoms with Gasteiger partial charge in [-0.25, -0.2) is 13.8 Å². The molecule has 1 aliphatic heterocycles. The van der Waals surface area contributed by atoms with Crippen LogP contribution in [0.2, 0.25) is 0 Å². The number of thiophene rings is 1. The van der Waals surface area contributed by atoms with Crippen LogP contribution >= 0.6 is 11.3 Å². The molecule has 1 unspecified atom stereocenters. The SMILES string of the molecule is O=C(c1ccsc1-n1nccn1)N1CCC(F)(F)C(Oc2ccc3ccccc3n2)C1. The van der Waals surface area contributed by atoms with Crippen LogP contribution in [0.3, 0.4) is 0 Å². The number of hydrogen-bond acceptors (Lipinski definition) is 6. The van der Waals surface area contributed by atoms with Crippen molar-refractivity contribution < 1.29 is 18.3 Å². The highest BCUT2D eigenvalue weighted by molar-refractivity contribution is 7.12. The van der Waals surface area contributed by atoms with Gasteiger partial charge in [0.2, 0.25) is 5.88 Å². The quantitative estimate of drug-likeness (QED) is 0.482. The number of hydrogen-bond donors (Lipinski definition) is 0. The summed E-state index contributed by atoms with van der Waals surface area (Å²) >= 11 is 1.30. The maximum absolute atomic E-state index is 14.6. The first-order valence-electron chi connectivity index (χ1n) is 9.65. The molecule has 0 saturated carbocycles. The number of pyridine rings is 1. The van der Waals surface area contributed by atoms with Crippen molar-refractivity contribution in [2.24, 2.45) is 0 Å². The van der Waals surface area contributed by atoms with Crippen molar-refractivity contribution in [3.8, 4) is 10.9 Å². The van der Waals surface area contributed by atoms with E-state index in [4.69, 9.17) is 4.74 Å². The highest BCUT2D eigenvalue weighted by Gasteiger charge is 2.47. The monoisotopic (exact) mass is 441 g/mol. The summed E-state index contributed by atoms with van der Waals surface area (Å²) in [6, 6.07) is 12.4. The molecule has 31 heavy (non-hydrogen) atoms. The summed E-state index contributed by atoms with van der Waals surface area (Å²) in [5.41, 5.74) is 1.02. The van der Waals surface area contributed by atoms with Gasteiger partial charge in [-0.1, -0.05) is 18.2 Å². The molecular formula is C21H17F2N5O2S. The molecule has 158 valence electrons. The Balaban J connectivity index is 1.38. The van der Waals surface area contributed by atoms with E-state index in [1.54, 1.807) is 29.6 Å². The van der Waals surface area contributed by atoms with E-state index in [0.717, 1.165) is 5.39 Å². The van der Waals surface area contributed by atoms with E-state index in [-0.39, 0.29) is 24.9 Å². The number of halogens is 2. The second-order valence-corrected chi connectivity index (χ2v) is 8.06. The van der Waals surface area contributed by atoms with Crippen LogP contribution < -0.4 is 4.74 Å². The molecule has 1 amide bonds. The third-order valence-electron chi connectivity index (χ3n) is 5.17. The first-order valence-corrected chi connectivity index (χ1v) is 10.5. The predicted octanol–water partition coefficient (Wildman–Crippen LogP) is 3.81. The molecule has 0 spiro atoms. The van der Waals surface area contributed by atoms with E-state index in [1.807, 2.05) is 18.2 Å². The minimum atomic E-state index is -3.08. The van der Waals surface area contributed by atoms with E-state index in [0.29, 0.717) is 16.1 Å². The smallest absolute Gasteiger partial charge is 0.287 e. The number of ether oxygens (including phenoxy) is 1. The van der Waals surface area contributed by atoms with Crippen LogP contribution in [-0.2, 0) is 0 Å². The Morgan fingerprint density at radius 1 is 1.13 bits per heavy atom. The summed E-state index contributed by atoms with van der Waals surface area (Å²) < 4.78 is 34.9. The molecule has 1 atom stereocenters. The summed E-state index contributed by atoms with van der Waals surface area (Å²) in [6.45, 7) is -0.319. The van der Waals surface area contributed by atoms with Gasteiger partial charge >= 0.3 is 0 Å². The number of alkyl halides is 2. The number of carbonyl (C=O) groups is 1. The van der Waals surface area contributed by atoms with E-state index >= 15 is 0 Å². The zero-order valence-electron chi connectivity index (χ0n) is 16.2. The molecule has 1 saturated heterocycles. The average molecular weight is 441 g/mol. The minimum absolute atomic E-state index is 0.0708. The molecule has 5 rings (SSSR count). The predicted molar refractivity (Wildman–Crippen MR) is 111 cm³/mol. The number of likely N-dealkylation sites (tertiary alicyclic amines) is 1. The normalized spacial score (nSPS) is 18.3. The Labute approximate surface area is 179 Å². The third kappa shape index (κ3) is 3.74. The van der Waals surface area contributed by atoms with Gasteiger partial charge in [-0.15, -0.1) is 16.1 Å². The fourth-order valence-corrected chi connectivity index (χ4v) is 4.35. The van der Waals surface area contributed by atoms with Crippen molar-refractivity contribution >= 4 is 28.1 Å². The molecule has 0 aliphatic carbocycles. The number of carbonyl (C=O) groups excluding carboxylic acids is 1. The molecule has 1 fully saturated rings. The van der Waals surface area contributed by atoms with Crippen LogP contribution in [-0.4, -0.2) is 55.9 Å². The van der Waals surface area contributed by atoms with Crippen molar-refractivity contribution in [1.29, 1.82) is 0 Å². The first-order chi connectivity index (χ1) is 15.0. The van der Waals surface area contributed by atoms with Gasteiger partial charge in [0, 0.05) is 24.4 Å². The second-order valence-electron chi connectivity index (χ2n) is 7.17. The maximum Gasteiger partial charge on any atom is 0.287 e. The Morgan fingerprint density at radius 3 is 2.77 bits per heavy atom. The number of piperidine rings is 1. The molecule has 0 radical (unpaired) electrons. The number of amides is 1. The lowest BCUT2D eigenvalue weighted by atomic mass is 10.0. The second kappa shape index (κ2) is 7.69. The van der Waals surface area contributed by atoms with Crippen molar-refractivity contribution in [1.82, 2.24) is 24.9 Å². The number of fused-ring (bicyclic) bond motifs is 1. The molecule has 4 heterocycles. The number of benzene rings is 1. The lowest BCUT2D eigenvalue weighted by Crippen LogP contribution is -2.55. The molecular weight excluding hydrogens is 424 g/mol. The summed E-state index contributed by atoms with van der Waals surface area (Å²) in [4.78, 5) is 20.2. The lowest BCUT2D eigenvalue weighted by molar-refractivity contribution is -0.131. The zero-order valence-corrected chi connectivity index (χ0v) is 17.0. The molecule has 1 aromatic carbocycles. The van der Waals surface area contributed by atoms with Gasteiger partial charge in [0.1, 0.15) is 0 Å². The van der Waals surface area contributed by atoms with Gasteiger partial charge in [-0.2, -0.15) is 10.2 Å². The van der Waals surface area contributed by atoms with Gasteiger partial charge in [-0.05, 0) is 23.6 Å². The Bertz CT molecular complexity index is 1230. The van der Waals surface area contributed by atoms with Crippen molar-refractivity contribution in [2.45, 2.75) is 18.4 Å². The van der Waals surface area contributed by atoms with E-state index in [9.17, 15) is 13.6 Å². The van der Waals surface area contributed by atoms with Crippen LogP contribution in [0.4, 0.5) is 8.78 Å². The summed E-state index contributed by atoms with van der Waals surface area (Å²) in [6.07, 6.45) is 1.03. The van der Waals surface area contributed by atoms with Crippen LogP contribution in [0.5, 0.6) is 5.88 Å². The van der Waals surface area contributed by atoms with Crippen LogP contribution in [0.15, 0.2) is 60.2 Å². The topological polar surface area (TPSA) is 73.1 Å². The summed E-state index contributed by atoms with van der Waals surface area (Å²) in [7, 11) is 0. The first kappa shape index (κ1) is 19.6. The molecule has 7 nitrogen and oxygen atoms in total. The number of nitrogens with zero attached hydrogens (tertiary/aromatic N) is 5. The molecule has 0 bridgehead atoms. The van der Waals surface area contributed by atoms with Crippen molar-refractivity contribution in [3.05, 3.63) is 65.8 Å². The van der Waals surface area contributed by atoms with Crippen molar-refractivity contribution in [2.75, 3.05) is 13.1 Å². The number of aromatic nitrogens is 4. The average Bonchev–Trinajstić information content (AvgIpc) is 3.46. The van der Waals surface area contributed by atoms with E-state index < -0.39 is 18.4 Å². The summed E-state index contributed by atoms with van der Waals surface area (Å²) in [5.74, 6) is -3.33. The number of para-hydroxylation sites is 1. The van der Waals surface area contributed by atoms with Gasteiger partial charge in [0.25, 0.3) is 11.8 Å². The minimum Gasteiger partial charge on any atom is -0.466 e. The molecule has 0 N–H and O–H groups in total. The Morgan fingerprint density at radius 2 is 1.94 bits per heavy atom. The van der Waals surface area contributed by atoms with Crippen molar-refractivity contribution in [3.63, 3.8) is 0 Å². The molecule has 10 heteroatoms. The highest BCUT2D eigenvalue weighted by atomic mass is 32.1. The standard InChI is InChI=1S/C21H17F2N5O2S/c22-21(23)8-11-27(19(29)15-7-12-31-20(15)28-24-9-10-25-28)13-17(21)30-18-6-5-14-3-1-2-4-16(14)26-18/h1-7,9-10,12,17H,8,11,13H2. The maximum atomic E-state index is 14.6. The zero-order chi connectivity index (χ0) is 21.4. The van der Waals surface area contributed by atoms with Gasteiger partial charge in [-0.3, -0.25) is 4.79 Å². The third-order valence-corrected chi connectivity index (χ3v) is 6.05. The van der Waals surface area contributed by atoms with Crippen LogP contribution in [0.1, 0.15) is 16.8 Å². The molecule has 4 aromatic rings. The fourth-order valence-electron chi connectivity index (χ4n) is 3.55. The van der Waals surface area contributed by atoms with Gasteiger partial charge in [0.15, 0.2) is 11.1 Å². The van der Waals surface area contributed by atoms with Gasteiger partial charge in [0.05, 0.1) is 30.0 Å². The van der Waals surface area contributed by atoms with Crippen LogP contribution in [0.25, 0.3) is 15.9 Å². The lowest BCUT2D eigenvalue weighted by Gasteiger charge is -2.37. The van der Waals surface area contributed by atoms with Gasteiger partial charge < -0.3 is 9.64 Å². The largest absolute Gasteiger partial charge is 0.466 e. The van der Waals surface area contributed by atoms with Crippen LogP contribution in [0, 0.1) is 0 Å². The Hall–Kier alpha value is -3.40. The highest BCUT2D eigenvalue weighted by Crippen LogP contribution is 2.33. The molecule has 1 aliphatic rings. The Kier molecular flexibility index (Phi) is 4.85. The fraction of sp³-hybridized carbons (Fsp3) is 0.238.